The van der Waals surface area contributed by atoms with E-state index in [1.807, 2.05) is 30.3 Å². The fourth-order valence-electron chi connectivity index (χ4n) is 1.91. The van der Waals surface area contributed by atoms with E-state index in [0.29, 0.717) is 11.4 Å². The van der Waals surface area contributed by atoms with Gasteiger partial charge in [-0.25, -0.2) is 9.67 Å². The van der Waals surface area contributed by atoms with Crippen LogP contribution in [0.15, 0.2) is 55.1 Å². The fraction of sp³-hybridized carbons (Fsp3) is 0. The Morgan fingerprint density at radius 3 is 2.58 bits per heavy atom. The van der Waals surface area contributed by atoms with Crippen LogP contribution in [0.2, 0.25) is 0 Å². The summed E-state index contributed by atoms with van der Waals surface area (Å²) in [5.41, 5.74) is 2.15. The Hall–Kier alpha value is -2.82. The molecule has 0 bridgehead atoms. The molecule has 0 amide bonds. The van der Waals surface area contributed by atoms with Gasteiger partial charge in [0, 0.05) is 18.0 Å². The zero-order chi connectivity index (χ0) is 13.1. The number of benzene rings is 1. The third-order valence-electron chi connectivity index (χ3n) is 2.74. The monoisotopic (exact) mass is 250 g/mol. The molecule has 0 saturated carbocycles. The molecule has 5 nitrogen and oxygen atoms in total. The lowest BCUT2D eigenvalue weighted by atomic mass is 10.1. The molecule has 2 heterocycles. The van der Waals surface area contributed by atoms with Gasteiger partial charge in [-0.1, -0.05) is 30.3 Å². The van der Waals surface area contributed by atoms with Crippen LogP contribution in [0.25, 0.3) is 17.1 Å². The third-order valence-corrected chi connectivity index (χ3v) is 2.74. The maximum atomic E-state index is 11.2. The molecule has 0 N–H and O–H groups in total. The molecule has 3 aromatic rings. The van der Waals surface area contributed by atoms with Crippen LogP contribution in [0.1, 0.15) is 10.4 Å². The minimum Gasteiger partial charge on any atom is -0.298 e. The lowest BCUT2D eigenvalue weighted by Crippen LogP contribution is -2.02. The van der Waals surface area contributed by atoms with Crippen molar-refractivity contribution in [3.63, 3.8) is 0 Å². The van der Waals surface area contributed by atoms with Crippen molar-refractivity contribution >= 4 is 6.29 Å². The van der Waals surface area contributed by atoms with E-state index in [0.717, 1.165) is 17.5 Å². The molecule has 0 atom stereocenters. The predicted molar refractivity (Wildman–Crippen MR) is 70.0 cm³/mol. The van der Waals surface area contributed by atoms with E-state index >= 15 is 0 Å². The molecule has 3 rings (SSSR count). The lowest BCUT2D eigenvalue weighted by molar-refractivity contribution is 0.112. The van der Waals surface area contributed by atoms with Crippen LogP contribution in [0.5, 0.6) is 0 Å². The second-order valence-corrected chi connectivity index (χ2v) is 3.91. The van der Waals surface area contributed by atoms with Gasteiger partial charge in [0.1, 0.15) is 0 Å². The van der Waals surface area contributed by atoms with Gasteiger partial charge in [0.15, 0.2) is 12.1 Å². The Morgan fingerprint density at radius 1 is 1.05 bits per heavy atom. The Balaban J connectivity index is 2.23. The largest absolute Gasteiger partial charge is 0.298 e. The van der Waals surface area contributed by atoms with E-state index in [4.69, 9.17) is 0 Å². The molecule has 19 heavy (non-hydrogen) atoms. The van der Waals surface area contributed by atoms with Crippen molar-refractivity contribution in [2.75, 3.05) is 0 Å². The van der Waals surface area contributed by atoms with Gasteiger partial charge in [-0.2, -0.15) is 5.10 Å². The summed E-state index contributed by atoms with van der Waals surface area (Å²) in [5, 5.41) is 4.22. The highest BCUT2D eigenvalue weighted by Gasteiger charge is 2.14. The summed E-state index contributed by atoms with van der Waals surface area (Å²) in [4.78, 5) is 19.4. The second-order valence-electron chi connectivity index (χ2n) is 3.91. The summed E-state index contributed by atoms with van der Waals surface area (Å²) in [5.74, 6) is 0.578. The molecule has 0 radical (unpaired) electrons. The molecular weight excluding hydrogens is 240 g/mol. The first-order valence-electron chi connectivity index (χ1n) is 5.75. The number of nitrogens with zero attached hydrogens (tertiary/aromatic N) is 4. The van der Waals surface area contributed by atoms with Crippen LogP contribution in [-0.4, -0.2) is 26.0 Å². The van der Waals surface area contributed by atoms with E-state index in [2.05, 4.69) is 15.1 Å². The zero-order valence-electron chi connectivity index (χ0n) is 9.97. The molecule has 2 aromatic heterocycles. The van der Waals surface area contributed by atoms with Crippen molar-refractivity contribution in [1.82, 2.24) is 19.7 Å². The maximum Gasteiger partial charge on any atom is 0.172 e. The van der Waals surface area contributed by atoms with Crippen LogP contribution in [0.4, 0.5) is 0 Å². The van der Waals surface area contributed by atoms with Crippen molar-refractivity contribution < 1.29 is 4.79 Å². The number of rotatable bonds is 3. The first kappa shape index (κ1) is 11.3. The van der Waals surface area contributed by atoms with Crippen LogP contribution < -0.4 is 0 Å². The van der Waals surface area contributed by atoms with Gasteiger partial charge < -0.3 is 0 Å². The smallest absolute Gasteiger partial charge is 0.172 e. The van der Waals surface area contributed by atoms with Crippen molar-refractivity contribution in [1.29, 1.82) is 0 Å². The van der Waals surface area contributed by atoms with Gasteiger partial charge >= 0.3 is 0 Å². The molecule has 0 spiro atoms. The quantitative estimate of drug-likeness (QED) is 0.668. The highest BCUT2D eigenvalue weighted by molar-refractivity contribution is 5.86. The molecule has 0 aliphatic carbocycles. The highest BCUT2D eigenvalue weighted by Crippen LogP contribution is 2.24. The minimum atomic E-state index is 0.525. The molecular formula is C14H10N4O. The third kappa shape index (κ3) is 2.01. The highest BCUT2D eigenvalue weighted by atomic mass is 16.1. The summed E-state index contributed by atoms with van der Waals surface area (Å²) >= 11 is 0. The van der Waals surface area contributed by atoms with E-state index in [9.17, 15) is 4.79 Å². The number of aromatic nitrogens is 4. The molecule has 0 aliphatic rings. The summed E-state index contributed by atoms with van der Waals surface area (Å²) in [6, 6.07) is 9.61. The van der Waals surface area contributed by atoms with Crippen molar-refractivity contribution in [2.24, 2.45) is 0 Å². The van der Waals surface area contributed by atoms with E-state index in [-0.39, 0.29) is 0 Å². The summed E-state index contributed by atoms with van der Waals surface area (Å²) in [7, 11) is 0. The minimum absolute atomic E-state index is 0.525. The molecule has 92 valence electrons. The standard InChI is InChI=1S/C14H10N4O/c19-10-12-8-17-18(13-9-15-6-7-16-13)14(12)11-4-2-1-3-5-11/h1-10H. The average Bonchev–Trinajstić information content (AvgIpc) is 2.93. The van der Waals surface area contributed by atoms with Gasteiger partial charge in [-0.3, -0.25) is 9.78 Å². The van der Waals surface area contributed by atoms with Gasteiger partial charge in [0.25, 0.3) is 0 Å². The first-order valence-corrected chi connectivity index (χ1v) is 5.75. The zero-order valence-corrected chi connectivity index (χ0v) is 9.97. The van der Waals surface area contributed by atoms with Crippen molar-refractivity contribution in [3.8, 4) is 17.1 Å². The van der Waals surface area contributed by atoms with Crippen LogP contribution in [-0.2, 0) is 0 Å². The average molecular weight is 250 g/mol. The number of carbonyl (C=O) groups is 1. The second kappa shape index (κ2) is 4.81. The van der Waals surface area contributed by atoms with E-state index in [1.54, 1.807) is 23.3 Å². The first-order chi connectivity index (χ1) is 9.40. The molecule has 0 unspecified atom stereocenters. The number of hydrogen-bond acceptors (Lipinski definition) is 4. The lowest BCUT2D eigenvalue weighted by Gasteiger charge is -2.06. The Labute approximate surface area is 109 Å². The van der Waals surface area contributed by atoms with Gasteiger partial charge in [0.05, 0.1) is 23.7 Å². The number of aldehydes is 1. The van der Waals surface area contributed by atoms with Crippen molar-refractivity contribution in [3.05, 3.63) is 60.7 Å². The van der Waals surface area contributed by atoms with Gasteiger partial charge in [-0.15, -0.1) is 0 Å². The van der Waals surface area contributed by atoms with Crippen LogP contribution in [0.3, 0.4) is 0 Å². The van der Waals surface area contributed by atoms with Crippen LogP contribution in [0, 0.1) is 0 Å². The van der Waals surface area contributed by atoms with E-state index < -0.39 is 0 Å². The van der Waals surface area contributed by atoms with Gasteiger partial charge in [0.2, 0.25) is 0 Å². The van der Waals surface area contributed by atoms with Crippen LogP contribution >= 0.6 is 0 Å². The molecule has 0 fully saturated rings. The summed E-state index contributed by atoms with van der Waals surface area (Å²) < 4.78 is 1.62. The van der Waals surface area contributed by atoms with Crippen molar-refractivity contribution in [2.45, 2.75) is 0 Å². The predicted octanol–water partition coefficient (Wildman–Crippen LogP) is 2.14. The molecule has 0 aliphatic heterocycles. The van der Waals surface area contributed by atoms with E-state index in [1.165, 1.54) is 6.20 Å². The van der Waals surface area contributed by atoms with Gasteiger partial charge in [-0.05, 0) is 0 Å². The molecule has 1 aromatic carbocycles. The Kier molecular flexibility index (Phi) is 2.86. The summed E-state index contributed by atoms with van der Waals surface area (Å²) in [6.45, 7) is 0. The normalized spacial score (nSPS) is 10.3. The molecule has 0 saturated heterocycles. The molecule has 5 heteroatoms. The summed E-state index contributed by atoms with van der Waals surface area (Å²) in [6.07, 6.45) is 7.11. The Morgan fingerprint density at radius 2 is 1.89 bits per heavy atom. The SMILES string of the molecule is O=Cc1cnn(-c2cnccn2)c1-c1ccccc1. The Bertz CT molecular complexity index is 692. The fourth-order valence-corrected chi connectivity index (χ4v) is 1.91. The topological polar surface area (TPSA) is 60.7 Å². The number of carbonyl (C=O) groups excluding carboxylic acids is 1. The number of hydrogen-bond donors (Lipinski definition) is 0. The maximum absolute atomic E-state index is 11.2.